The van der Waals surface area contributed by atoms with Gasteiger partial charge in [0.25, 0.3) is 0 Å². The van der Waals surface area contributed by atoms with Gasteiger partial charge in [0, 0.05) is 25.3 Å². The number of hydrogen-bond acceptors (Lipinski definition) is 5. The van der Waals surface area contributed by atoms with E-state index in [9.17, 15) is 9.59 Å². The van der Waals surface area contributed by atoms with Crippen LogP contribution in [0.1, 0.15) is 13.3 Å². The van der Waals surface area contributed by atoms with E-state index in [1.165, 1.54) is 12.0 Å². The van der Waals surface area contributed by atoms with Gasteiger partial charge >= 0.3 is 5.97 Å². The molecule has 0 aliphatic heterocycles. The Labute approximate surface area is 124 Å². The minimum absolute atomic E-state index is 0.0883. The van der Waals surface area contributed by atoms with Crippen molar-refractivity contribution < 1.29 is 19.1 Å². The number of esters is 1. The number of ether oxygens (including phenoxy) is 2. The van der Waals surface area contributed by atoms with Crippen LogP contribution in [0.3, 0.4) is 0 Å². The molecule has 0 saturated heterocycles. The fraction of sp³-hybridized carbons (Fsp3) is 0.467. The number of carbonyl (C=O) groups excluding carboxylic acids is 2. The van der Waals surface area contributed by atoms with E-state index in [-0.39, 0.29) is 30.8 Å². The first-order chi connectivity index (χ1) is 9.93. The van der Waals surface area contributed by atoms with Crippen LogP contribution in [0.5, 0.6) is 5.75 Å². The van der Waals surface area contributed by atoms with Crippen LogP contribution in [0.2, 0.25) is 0 Å². The van der Waals surface area contributed by atoms with Crippen LogP contribution in [0.4, 0.5) is 5.69 Å². The molecule has 6 heteroatoms. The van der Waals surface area contributed by atoms with E-state index in [0.29, 0.717) is 18.0 Å². The van der Waals surface area contributed by atoms with Gasteiger partial charge < -0.3 is 20.1 Å². The van der Waals surface area contributed by atoms with Gasteiger partial charge in [-0.25, -0.2) is 0 Å². The van der Waals surface area contributed by atoms with E-state index < -0.39 is 0 Å². The van der Waals surface area contributed by atoms with Crippen molar-refractivity contribution in [3.05, 3.63) is 24.3 Å². The summed E-state index contributed by atoms with van der Waals surface area (Å²) in [5.41, 5.74) is 6.25. The molecule has 0 aliphatic carbocycles. The van der Waals surface area contributed by atoms with Gasteiger partial charge in [0.2, 0.25) is 5.91 Å². The number of methoxy groups -OCH3 is 1. The number of nitrogen functional groups attached to an aromatic ring is 1. The number of amides is 1. The molecule has 1 rings (SSSR count). The maximum absolute atomic E-state index is 11.9. The number of carbonyl (C=O) groups is 2. The van der Waals surface area contributed by atoms with E-state index in [4.69, 9.17) is 10.5 Å². The van der Waals surface area contributed by atoms with Crippen molar-refractivity contribution in [1.82, 2.24) is 4.90 Å². The minimum Gasteiger partial charge on any atom is -0.493 e. The summed E-state index contributed by atoms with van der Waals surface area (Å²) in [6, 6.07) is 7.04. The number of nitrogens with zero attached hydrogens (tertiary/aromatic N) is 1. The second-order valence-electron chi connectivity index (χ2n) is 4.87. The van der Waals surface area contributed by atoms with Gasteiger partial charge in [-0.2, -0.15) is 0 Å². The van der Waals surface area contributed by atoms with Gasteiger partial charge in [-0.15, -0.1) is 0 Å². The largest absolute Gasteiger partial charge is 0.493 e. The van der Waals surface area contributed by atoms with Crippen molar-refractivity contribution in [2.45, 2.75) is 13.3 Å². The SMILES string of the molecule is COC(=O)C(C)CN(C)C(=O)CCOc1cccc(N)c1. The number of hydrogen-bond donors (Lipinski definition) is 1. The standard InChI is InChI=1S/C15H22N2O4/c1-11(15(19)20-3)10-17(2)14(18)7-8-21-13-6-4-5-12(16)9-13/h4-6,9,11H,7-8,10,16H2,1-3H3. The fourth-order valence-corrected chi connectivity index (χ4v) is 1.84. The Bertz CT molecular complexity index is 490. The molecule has 2 N–H and O–H groups in total. The first kappa shape index (κ1) is 16.8. The molecule has 1 aromatic rings. The highest BCUT2D eigenvalue weighted by atomic mass is 16.5. The first-order valence-corrected chi connectivity index (χ1v) is 6.74. The molecule has 0 fully saturated rings. The Kier molecular flexibility index (Phi) is 6.52. The molecule has 1 amide bonds. The van der Waals surface area contributed by atoms with E-state index in [1.54, 1.807) is 38.2 Å². The van der Waals surface area contributed by atoms with Crippen molar-refractivity contribution >= 4 is 17.6 Å². The number of rotatable bonds is 7. The lowest BCUT2D eigenvalue weighted by molar-refractivity contribution is -0.146. The summed E-state index contributed by atoms with van der Waals surface area (Å²) in [6.07, 6.45) is 0.235. The Morgan fingerprint density at radius 3 is 2.71 bits per heavy atom. The zero-order chi connectivity index (χ0) is 15.8. The molecule has 21 heavy (non-hydrogen) atoms. The molecule has 0 saturated carbocycles. The molecule has 0 spiro atoms. The molecular formula is C15H22N2O4. The first-order valence-electron chi connectivity index (χ1n) is 6.74. The average molecular weight is 294 g/mol. The minimum atomic E-state index is -0.348. The summed E-state index contributed by atoms with van der Waals surface area (Å²) in [6.45, 7) is 2.31. The normalized spacial score (nSPS) is 11.6. The summed E-state index contributed by atoms with van der Waals surface area (Å²) in [7, 11) is 2.99. The molecule has 6 nitrogen and oxygen atoms in total. The Morgan fingerprint density at radius 2 is 2.10 bits per heavy atom. The van der Waals surface area contributed by atoms with Crippen LogP contribution in [0, 0.1) is 5.92 Å². The van der Waals surface area contributed by atoms with Crippen molar-refractivity contribution in [3.63, 3.8) is 0 Å². The third-order valence-electron chi connectivity index (χ3n) is 3.02. The van der Waals surface area contributed by atoms with E-state index in [2.05, 4.69) is 4.74 Å². The van der Waals surface area contributed by atoms with Crippen LogP contribution in [0.15, 0.2) is 24.3 Å². The predicted molar refractivity (Wildman–Crippen MR) is 79.8 cm³/mol. The fourth-order valence-electron chi connectivity index (χ4n) is 1.84. The summed E-state index contributed by atoms with van der Waals surface area (Å²) in [5.74, 6) is -0.132. The Morgan fingerprint density at radius 1 is 1.38 bits per heavy atom. The van der Waals surface area contributed by atoms with E-state index in [1.807, 2.05) is 0 Å². The molecule has 1 atom stereocenters. The highest BCUT2D eigenvalue weighted by Gasteiger charge is 2.18. The molecule has 0 aliphatic rings. The molecule has 0 aromatic heterocycles. The van der Waals surface area contributed by atoms with Crippen LogP contribution in [-0.2, 0) is 14.3 Å². The lowest BCUT2D eigenvalue weighted by Gasteiger charge is -2.20. The molecule has 0 heterocycles. The van der Waals surface area contributed by atoms with Gasteiger partial charge in [0.1, 0.15) is 5.75 Å². The summed E-state index contributed by atoms with van der Waals surface area (Å²) < 4.78 is 10.1. The number of benzene rings is 1. The molecule has 116 valence electrons. The summed E-state index contributed by atoms with van der Waals surface area (Å²) in [4.78, 5) is 24.7. The van der Waals surface area contributed by atoms with Crippen LogP contribution >= 0.6 is 0 Å². The molecule has 1 aromatic carbocycles. The zero-order valence-electron chi connectivity index (χ0n) is 12.7. The van der Waals surface area contributed by atoms with Gasteiger partial charge in [-0.3, -0.25) is 9.59 Å². The average Bonchev–Trinajstić information content (AvgIpc) is 2.46. The predicted octanol–water partition coefficient (Wildman–Crippen LogP) is 1.31. The summed E-state index contributed by atoms with van der Waals surface area (Å²) in [5, 5.41) is 0. The third-order valence-corrected chi connectivity index (χ3v) is 3.02. The van der Waals surface area contributed by atoms with E-state index in [0.717, 1.165) is 0 Å². The topological polar surface area (TPSA) is 81.9 Å². The van der Waals surface area contributed by atoms with Crippen molar-refractivity contribution in [2.75, 3.05) is 33.0 Å². The second kappa shape index (κ2) is 8.14. The van der Waals surface area contributed by atoms with Crippen LogP contribution < -0.4 is 10.5 Å². The van der Waals surface area contributed by atoms with Gasteiger partial charge in [0.15, 0.2) is 0 Å². The smallest absolute Gasteiger partial charge is 0.310 e. The Hall–Kier alpha value is -2.24. The Balaban J connectivity index is 2.34. The lowest BCUT2D eigenvalue weighted by Crippen LogP contribution is -2.34. The lowest BCUT2D eigenvalue weighted by atomic mass is 10.1. The van der Waals surface area contributed by atoms with Gasteiger partial charge in [0.05, 0.1) is 26.1 Å². The molecular weight excluding hydrogens is 272 g/mol. The van der Waals surface area contributed by atoms with Crippen molar-refractivity contribution in [3.8, 4) is 5.75 Å². The number of nitrogens with two attached hydrogens (primary N) is 1. The number of anilines is 1. The summed E-state index contributed by atoms with van der Waals surface area (Å²) >= 11 is 0. The van der Waals surface area contributed by atoms with Crippen LogP contribution in [-0.4, -0.2) is 44.1 Å². The molecule has 1 unspecified atom stereocenters. The van der Waals surface area contributed by atoms with Crippen molar-refractivity contribution in [1.29, 1.82) is 0 Å². The van der Waals surface area contributed by atoms with Crippen molar-refractivity contribution in [2.24, 2.45) is 5.92 Å². The zero-order valence-corrected chi connectivity index (χ0v) is 12.7. The monoisotopic (exact) mass is 294 g/mol. The van der Waals surface area contributed by atoms with Gasteiger partial charge in [-0.05, 0) is 12.1 Å². The van der Waals surface area contributed by atoms with Crippen LogP contribution in [0.25, 0.3) is 0 Å². The maximum atomic E-state index is 11.9. The van der Waals surface area contributed by atoms with E-state index >= 15 is 0 Å². The third kappa shape index (κ3) is 5.72. The molecule has 0 radical (unpaired) electrons. The quantitative estimate of drug-likeness (QED) is 0.605. The second-order valence-corrected chi connectivity index (χ2v) is 4.87. The highest BCUT2D eigenvalue weighted by Crippen LogP contribution is 2.14. The maximum Gasteiger partial charge on any atom is 0.310 e. The van der Waals surface area contributed by atoms with Gasteiger partial charge in [-0.1, -0.05) is 13.0 Å². The highest BCUT2D eigenvalue weighted by molar-refractivity contribution is 5.77. The molecule has 0 bridgehead atoms.